The first-order valence-electron chi connectivity index (χ1n) is 13.4. The third-order valence-electron chi connectivity index (χ3n) is 7.21. The van der Waals surface area contributed by atoms with Gasteiger partial charge in [0.25, 0.3) is 0 Å². The van der Waals surface area contributed by atoms with Gasteiger partial charge in [-0.2, -0.15) is 0 Å². The minimum atomic E-state index is 0.717. The lowest BCUT2D eigenvalue weighted by Gasteiger charge is -2.13. The van der Waals surface area contributed by atoms with Gasteiger partial charge in [0.05, 0.1) is 11.4 Å². The van der Waals surface area contributed by atoms with Gasteiger partial charge in [0.1, 0.15) is 0 Å². The van der Waals surface area contributed by atoms with Crippen molar-refractivity contribution in [2.75, 3.05) is 0 Å². The largest absolute Gasteiger partial charge is 0.265 e. The molecule has 0 amide bonds. The van der Waals surface area contributed by atoms with E-state index in [1.165, 1.54) is 21.9 Å². The maximum absolute atomic E-state index is 5.03. The molecule has 2 aromatic heterocycles. The third kappa shape index (κ3) is 4.55. The Morgan fingerprint density at radius 3 is 1.55 bits per heavy atom. The number of benzene rings is 5. The van der Waals surface area contributed by atoms with Crippen molar-refractivity contribution in [1.82, 2.24) is 15.0 Å². The summed E-state index contributed by atoms with van der Waals surface area (Å²) in [6, 6.07) is 48.4. The predicted octanol–water partition coefficient (Wildman–Crippen LogP) is 9.36. The number of rotatable bonds is 5. The molecule has 0 unspecified atom stereocenters. The quantitative estimate of drug-likeness (QED) is 0.231. The lowest BCUT2D eigenvalue weighted by Crippen LogP contribution is -1.96. The van der Waals surface area contributed by atoms with Crippen LogP contribution in [0, 0.1) is 0 Å². The van der Waals surface area contributed by atoms with Crippen LogP contribution in [0.4, 0.5) is 0 Å². The number of nitrogens with zero attached hydrogens (tertiary/aromatic N) is 3. The number of hydrogen-bond acceptors (Lipinski definition) is 3. The maximum atomic E-state index is 5.03. The van der Waals surface area contributed by atoms with Gasteiger partial charge in [-0.25, -0.2) is 9.97 Å². The lowest BCUT2D eigenvalue weighted by atomic mass is 9.91. The van der Waals surface area contributed by atoms with E-state index in [1.807, 2.05) is 48.8 Å². The van der Waals surface area contributed by atoms with Crippen LogP contribution in [0.3, 0.4) is 0 Å². The molecule has 0 N–H and O–H groups in total. The fourth-order valence-corrected chi connectivity index (χ4v) is 5.25. The van der Waals surface area contributed by atoms with Crippen molar-refractivity contribution in [2.45, 2.75) is 0 Å². The van der Waals surface area contributed by atoms with E-state index in [-0.39, 0.29) is 0 Å². The van der Waals surface area contributed by atoms with Crippen molar-refractivity contribution in [2.24, 2.45) is 0 Å². The molecule has 2 heterocycles. The van der Waals surface area contributed by atoms with Gasteiger partial charge in [-0.15, -0.1) is 0 Å². The first-order chi connectivity index (χ1) is 19.8. The third-order valence-corrected chi connectivity index (χ3v) is 7.21. The lowest BCUT2D eigenvalue weighted by molar-refractivity contribution is 1.18. The van der Waals surface area contributed by atoms with Crippen LogP contribution in [-0.2, 0) is 0 Å². The molecule has 0 aliphatic carbocycles. The Balaban J connectivity index is 1.37. The van der Waals surface area contributed by atoms with Crippen molar-refractivity contribution in [3.05, 3.63) is 152 Å². The van der Waals surface area contributed by atoms with Gasteiger partial charge in [0.2, 0.25) is 0 Å². The maximum Gasteiger partial charge on any atom is 0.160 e. The predicted molar refractivity (Wildman–Crippen MR) is 165 cm³/mol. The Labute approximate surface area is 233 Å². The number of aromatic nitrogens is 3. The van der Waals surface area contributed by atoms with Gasteiger partial charge in [-0.1, -0.05) is 115 Å². The molecule has 0 aliphatic rings. The van der Waals surface area contributed by atoms with Crippen molar-refractivity contribution in [3.63, 3.8) is 0 Å². The molecule has 0 bridgehead atoms. The van der Waals surface area contributed by atoms with Crippen LogP contribution in [0.5, 0.6) is 0 Å². The van der Waals surface area contributed by atoms with Crippen molar-refractivity contribution < 1.29 is 0 Å². The average Bonchev–Trinajstić information content (AvgIpc) is 3.05. The molecule has 0 saturated heterocycles. The summed E-state index contributed by atoms with van der Waals surface area (Å²) < 4.78 is 0. The zero-order valence-corrected chi connectivity index (χ0v) is 21.8. The first kappa shape index (κ1) is 23.7. The molecule has 0 spiro atoms. The van der Waals surface area contributed by atoms with Gasteiger partial charge >= 0.3 is 0 Å². The smallest absolute Gasteiger partial charge is 0.160 e. The van der Waals surface area contributed by atoms with Gasteiger partial charge in [0.15, 0.2) is 5.82 Å². The Hall–Kier alpha value is -5.41. The van der Waals surface area contributed by atoms with Crippen LogP contribution >= 0.6 is 0 Å². The summed E-state index contributed by atoms with van der Waals surface area (Å²) in [5.41, 5.74) is 9.62. The van der Waals surface area contributed by atoms with Gasteiger partial charge in [0, 0.05) is 29.1 Å². The van der Waals surface area contributed by atoms with Crippen molar-refractivity contribution >= 4 is 10.8 Å². The SMILES string of the molecule is c1ccc(-c2cc(-c3cccc(-c4ccc(-c5ccncc5)c5ccccc45)c3)nc(-c3ccccc3)n2)cc1. The van der Waals surface area contributed by atoms with E-state index < -0.39 is 0 Å². The van der Waals surface area contributed by atoms with Crippen molar-refractivity contribution in [1.29, 1.82) is 0 Å². The molecule has 3 nitrogen and oxygen atoms in total. The molecule has 5 aromatic carbocycles. The number of fused-ring (bicyclic) bond motifs is 1. The highest BCUT2D eigenvalue weighted by atomic mass is 14.9. The van der Waals surface area contributed by atoms with E-state index in [0.29, 0.717) is 0 Å². The minimum Gasteiger partial charge on any atom is -0.265 e. The normalized spacial score (nSPS) is 11.0. The molecule has 40 heavy (non-hydrogen) atoms. The number of pyridine rings is 1. The van der Waals surface area contributed by atoms with Crippen LogP contribution in [-0.4, -0.2) is 15.0 Å². The Morgan fingerprint density at radius 1 is 0.350 bits per heavy atom. The Kier molecular flexibility index (Phi) is 6.15. The average molecular weight is 512 g/mol. The molecule has 188 valence electrons. The molecule has 0 fully saturated rings. The summed E-state index contributed by atoms with van der Waals surface area (Å²) in [5, 5.41) is 2.43. The monoisotopic (exact) mass is 511 g/mol. The molecule has 0 aliphatic heterocycles. The fraction of sp³-hybridized carbons (Fsp3) is 0. The minimum absolute atomic E-state index is 0.717. The second-order valence-corrected chi connectivity index (χ2v) is 9.72. The molecular weight excluding hydrogens is 486 g/mol. The summed E-state index contributed by atoms with van der Waals surface area (Å²) in [6.07, 6.45) is 3.69. The molecule has 0 saturated carbocycles. The second-order valence-electron chi connectivity index (χ2n) is 9.72. The molecule has 0 atom stereocenters. The standard InChI is InChI=1S/C37H25N3/c1-3-10-27(11-4-1)35-25-36(40-37(39-35)28-12-5-2-6-13-28)30-15-9-14-29(24-30)32-19-18-31(26-20-22-38-23-21-26)33-16-7-8-17-34(32)33/h1-25H. The van der Waals surface area contributed by atoms with E-state index >= 15 is 0 Å². The van der Waals surface area contributed by atoms with Gasteiger partial charge in [-0.3, -0.25) is 4.98 Å². The Bertz CT molecular complexity index is 1870. The van der Waals surface area contributed by atoms with Crippen LogP contribution < -0.4 is 0 Å². The van der Waals surface area contributed by atoms with Gasteiger partial charge < -0.3 is 0 Å². The zero-order valence-electron chi connectivity index (χ0n) is 21.8. The van der Waals surface area contributed by atoms with Crippen LogP contribution in [0.25, 0.3) is 66.9 Å². The van der Waals surface area contributed by atoms with E-state index in [9.17, 15) is 0 Å². The van der Waals surface area contributed by atoms with E-state index in [1.54, 1.807) is 0 Å². The van der Waals surface area contributed by atoms with Crippen molar-refractivity contribution in [3.8, 4) is 56.2 Å². The summed E-state index contributed by atoms with van der Waals surface area (Å²) in [6.45, 7) is 0. The Morgan fingerprint density at radius 2 is 0.875 bits per heavy atom. The summed E-state index contributed by atoms with van der Waals surface area (Å²) >= 11 is 0. The molecule has 3 heteroatoms. The second kappa shape index (κ2) is 10.4. The van der Waals surface area contributed by atoms with E-state index in [4.69, 9.17) is 9.97 Å². The molecular formula is C37H25N3. The first-order valence-corrected chi connectivity index (χ1v) is 13.4. The highest BCUT2D eigenvalue weighted by molar-refractivity contribution is 6.05. The highest BCUT2D eigenvalue weighted by Gasteiger charge is 2.13. The van der Waals surface area contributed by atoms with Crippen LogP contribution in [0.1, 0.15) is 0 Å². The molecule has 0 radical (unpaired) electrons. The van der Waals surface area contributed by atoms with E-state index in [2.05, 4.69) is 108 Å². The van der Waals surface area contributed by atoms with Gasteiger partial charge in [-0.05, 0) is 57.3 Å². The fourth-order valence-electron chi connectivity index (χ4n) is 5.25. The summed E-state index contributed by atoms with van der Waals surface area (Å²) in [7, 11) is 0. The number of hydrogen-bond donors (Lipinski definition) is 0. The zero-order chi connectivity index (χ0) is 26.7. The summed E-state index contributed by atoms with van der Waals surface area (Å²) in [4.78, 5) is 14.2. The van der Waals surface area contributed by atoms with Crippen LogP contribution in [0.2, 0.25) is 0 Å². The van der Waals surface area contributed by atoms with E-state index in [0.717, 1.165) is 45.0 Å². The van der Waals surface area contributed by atoms with Crippen LogP contribution in [0.15, 0.2) is 152 Å². The summed E-state index contributed by atoms with van der Waals surface area (Å²) in [5.74, 6) is 0.717. The molecule has 7 aromatic rings. The highest BCUT2D eigenvalue weighted by Crippen LogP contribution is 2.37. The molecule has 7 rings (SSSR count). The topological polar surface area (TPSA) is 38.7 Å².